The second-order valence-electron chi connectivity index (χ2n) is 5.46. The van der Waals surface area contributed by atoms with Gasteiger partial charge in [0.1, 0.15) is 0 Å². The summed E-state index contributed by atoms with van der Waals surface area (Å²) in [5.41, 5.74) is -0.729. The lowest BCUT2D eigenvalue weighted by Crippen LogP contribution is -2.50. The van der Waals surface area contributed by atoms with E-state index in [4.69, 9.17) is 10.4 Å². The highest BCUT2D eigenvalue weighted by Crippen LogP contribution is 2.31. The van der Waals surface area contributed by atoms with E-state index in [1.165, 1.54) is 0 Å². The molecular formula is C13H21N3O3. The van der Waals surface area contributed by atoms with Crippen molar-refractivity contribution in [1.82, 2.24) is 9.80 Å². The fraction of sp³-hybridized carbons (Fsp3) is 0.769. The number of hydrogen-bond acceptors (Lipinski definition) is 3. The first kappa shape index (κ1) is 15.3. The molecule has 1 heterocycles. The Bertz CT molecular complexity index is 394. The van der Waals surface area contributed by atoms with E-state index in [2.05, 4.69) is 0 Å². The van der Waals surface area contributed by atoms with Crippen molar-refractivity contribution in [1.29, 1.82) is 5.26 Å². The van der Waals surface area contributed by atoms with Gasteiger partial charge in [0.2, 0.25) is 0 Å². The van der Waals surface area contributed by atoms with Crippen LogP contribution in [0.2, 0.25) is 0 Å². The SMILES string of the molecule is CC(CC#N)N(C)C(=O)N1CCC(C)(C(=O)O)CC1. The Balaban J connectivity index is 2.58. The first-order valence-corrected chi connectivity index (χ1v) is 6.44. The summed E-state index contributed by atoms with van der Waals surface area (Å²) < 4.78 is 0. The highest BCUT2D eigenvalue weighted by atomic mass is 16.4. The maximum absolute atomic E-state index is 12.2. The number of urea groups is 1. The molecule has 0 spiro atoms. The molecule has 1 rings (SSSR count). The summed E-state index contributed by atoms with van der Waals surface area (Å²) >= 11 is 0. The van der Waals surface area contributed by atoms with Crippen molar-refractivity contribution in [3.8, 4) is 6.07 Å². The third kappa shape index (κ3) is 3.37. The fourth-order valence-electron chi connectivity index (χ4n) is 2.09. The zero-order valence-corrected chi connectivity index (χ0v) is 11.7. The van der Waals surface area contributed by atoms with Crippen LogP contribution >= 0.6 is 0 Å². The van der Waals surface area contributed by atoms with E-state index in [0.29, 0.717) is 32.4 Å². The van der Waals surface area contributed by atoms with Gasteiger partial charge in [0.15, 0.2) is 0 Å². The number of nitriles is 1. The van der Waals surface area contributed by atoms with Crippen LogP contribution in [0.15, 0.2) is 0 Å². The van der Waals surface area contributed by atoms with E-state index >= 15 is 0 Å². The zero-order chi connectivity index (χ0) is 14.6. The van der Waals surface area contributed by atoms with Crippen molar-refractivity contribution in [2.24, 2.45) is 5.41 Å². The third-order valence-electron chi connectivity index (χ3n) is 4.00. The minimum atomic E-state index is -0.800. The summed E-state index contributed by atoms with van der Waals surface area (Å²) in [6.07, 6.45) is 1.23. The number of carbonyl (C=O) groups is 2. The number of carboxylic acids is 1. The van der Waals surface area contributed by atoms with E-state index in [9.17, 15) is 9.59 Å². The standard InChI is InChI=1S/C13H21N3O3/c1-10(4-7-14)15(3)12(19)16-8-5-13(2,6-9-16)11(17)18/h10H,4-6,8-9H2,1-3H3,(H,17,18). The predicted molar refractivity (Wildman–Crippen MR) is 69.4 cm³/mol. The monoisotopic (exact) mass is 267 g/mol. The van der Waals surface area contributed by atoms with E-state index in [1.54, 1.807) is 23.8 Å². The lowest BCUT2D eigenvalue weighted by atomic mass is 9.80. The average molecular weight is 267 g/mol. The Kier molecular flexibility index (Phi) is 4.76. The molecule has 0 bridgehead atoms. The Morgan fingerprint density at radius 3 is 2.42 bits per heavy atom. The lowest BCUT2D eigenvalue weighted by molar-refractivity contribution is -0.150. The number of piperidine rings is 1. The molecular weight excluding hydrogens is 246 g/mol. The topological polar surface area (TPSA) is 84.6 Å². The average Bonchev–Trinajstić information content (AvgIpc) is 2.38. The number of hydrogen-bond donors (Lipinski definition) is 1. The van der Waals surface area contributed by atoms with Crippen LogP contribution in [0.3, 0.4) is 0 Å². The number of likely N-dealkylation sites (tertiary alicyclic amines) is 1. The largest absolute Gasteiger partial charge is 0.481 e. The molecule has 6 nitrogen and oxygen atoms in total. The Morgan fingerprint density at radius 2 is 2.00 bits per heavy atom. The maximum Gasteiger partial charge on any atom is 0.320 e. The Labute approximate surface area is 113 Å². The van der Waals surface area contributed by atoms with Crippen molar-refractivity contribution in [2.45, 2.75) is 39.2 Å². The van der Waals surface area contributed by atoms with Crippen molar-refractivity contribution in [3.63, 3.8) is 0 Å². The van der Waals surface area contributed by atoms with Gasteiger partial charge in [0.05, 0.1) is 17.9 Å². The van der Waals surface area contributed by atoms with Gasteiger partial charge in [0.25, 0.3) is 0 Å². The molecule has 6 heteroatoms. The number of rotatable bonds is 3. The molecule has 0 aromatic rings. The number of carbonyl (C=O) groups excluding carboxylic acids is 1. The minimum absolute atomic E-state index is 0.129. The second kappa shape index (κ2) is 5.91. The van der Waals surface area contributed by atoms with Gasteiger partial charge < -0.3 is 14.9 Å². The van der Waals surface area contributed by atoms with Gasteiger partial charge in [-0.1, -0.05) is 0 Å². The van der Waals surface area contributed by atoms with Gasteiger partial charge in [0, 0.05) is 26.2 Å². The van der Waals surface area contributed by atoms with Crippen molar-refractivity contribution in [3.05, 3.63) is 0 Å². The summed E-state index contributed by atoms with van der Waals surface area (Å²) in [4.78, 5) is 26.5. The first-order chi connectivity index (χ1) is 8.81. The van der Waals surface area contributed by atoms with Crippen LogP contribution in [-0.2, 0) is 4.79 Å². The normalized spacial score (nSPS) is 19.4. The molecule has 19 heavy (non-hydrogen) atoms. The van der Waals surface area contributed by atoms with Gasteiger partial charge in [-0.15, -0.1) is 0 Å². The van der Waals surface area contributed by atoms with Crippen LogP contribution in [0.25, 0.3) is 0 Å². The number of carboxylic acid groups (broad SMARTS) is 1. The number of aliphatic carboxylic acids is 1. The molecule has 1 unspecified atom stereocenters. The molecule has 0 aliphatic carbocycles. The molecule has 0 radical (unpaired) electrons. The predicted octanol–water partition coefficient (Wildman–Crippen LogP) is 1.53. The molecule has 0 saturated carbocycles. The molecule has 106 valence electrons. The zero-order valence-electron chi connectivity index (χ0n) is 11.7. The van der Waals surface area contributed by atoms with Crippen LogP contribution in [-0.4, -0.2) is 53.1 Å². The van der Waals surface area contributed by atoms with Crippen LogP contribution in [0.5, 0.6) is 0 Å². The third-order valence-corrected chi connectivity index (χ3v) is 4.00. The molecule has 1 aliphatic rings. The summed E-state index contributed by atoms with van der Waals surface area (Å²) in [7, 11) is 1.68. The molecule has 0 aromatic carbocycles. The molecule has 1 fully saturated rings. The highest BCUT2D eigenvalue weighted by molar-refractivity contribution is 5.77. The van der Waals surface area contributed by atoms with Gasteiger partial charge in [-0.25, -0.2) is 4.79 Å². The quantitative estimate of drug-likeness (QED) is 0.840. The van der Waals surface area contributed by atoms with Crippen LogP contribution in [0.1, 0.15) is 33.1 Å². The molecule has 0 aromatic heterocycles. The molecule has 1 saturated heterocycles. The van der Waals surface area contributed by atoms with Crippen LogP contribution < -0.4 is 0 Å². The lowest BCUT2D eigenvalue weighted by Gasteiger charge is -2.39. The molecule has 1 atom stereocenters. The van der Waals surface area contributed by atoms with E-state index in [-0.39, 0.29) is 12.1 Å². The molecule has 1 aliphatic heterocycles. The smallest absolute Gasteiger partial charge is 0.320 e. The van der Waals surface area contributed by atoms with Crippen LogP contribution in [0.4, 0.5) is 4.79 Å². The maximum atomic E-state index is 12.2. The van der Waals surface area contributed by atoms with Crippen molar-refractivity contribution < 1.29 is 14.7 Å². The first-order valence-electron chi connectivity index (χ1n) is 6.44. The second-order valence-corrected chi connectivity index (χ2v) is 5.46. The van der Waals surface area contributed by atoms with Gasteiger partial charge >= 0.3 is 12.0 Å². The fourth-order valence-corrected chi connectivity index (χ4v) is 2.09. The van der Waals surface area contributed by atoms with E-state index in [0.717, 1.165) is 0 Å². The number of nitrogens with zero attached hydrogens (tertiary/aromatic N) is 3. The van der Waals surface area contributed by atoms with E-state index in [1.807, 2.05) is 13.0 Å². The molecule has 1 N–H and O–H groups in total. The summed E-state index contributed by atoms with van der Waals surface area (Å²) in [6.45, 7) is 4.45. The van der Waals surface area contributed by atoms with Crippen molar-refractivity contribution >= 4 is 12.0 Å². The van der Waals surface area contributed by atoms with Gasteiger partial charge in [-0.3, -0.25) is 4.79 Å². The van der Waals surface area contributed by atoms with Crippen LogP contribution in [0, 0.1) is 16.7 Å². The van der Waals surface area contributed by atoms with Crippen molar-refractivity contribution in [2.75, 3.05) is 20.1 Å². The summed E-state index contributed by atoms with van der Waals surface area (Å²) in [6, 6.07) is 1.78. The highest BCUT2D eigenvalue weighted by Gasteiger charge is 2.38. The summed E-state index contributed by atoms with van der Waals surface area (Å²) in [5.74, 6) is -0.800. The van der Waals surface area contributed by atoms with Gasteiger partial charge in [-0.05, 0) is 26.7 Å². The Morgan fingerprint density at radius 1 is 1.47 bits per heavy atom. The number of amides is 2. The Hall–Kier alpha value is -1.77. The minimum Gasteiger partial charge on any atom is -0.481 e. The van der Waals surface area contributed by atoms with Gasteiger partial charge in [-0.2, -0.15) is 5.26 Å². The summed E-state index contributed by atoms with van der Waals surface area (Å²) in [5, 5.41) is 17.8. The van der Waals surface area contributed by atoms with E-state index < -0.39 is 11.4 Å². The molecule has 2 amide bonds.